The summed E-state index contributed by atoms with van der Waals surface area (Å²) in [5.41, 5.74) is 0. The molecule has 0 aromatic rings. The highest BCUT2D eigenvalue weighted by Gasteiger charge is 2.18. The molecule has 2 atom stereocenters. The van der Waals surface area contributed by atoms with Gasteiger partial charge in [0.1, 0.15) is 0 Å². The van der Waals surface area contributed by atoms with Gasteiger partial charge >= 0.3 is 0 Å². The van der Waals surface area contributed by atoms with Crippen LogP contribution in [-0.4, -0.2) is 34.9 Å². The number of aliphatic hydroxyl groups excluding tert-OH is 2. The lowest BCUT2D eigenvalue weighted by molar-refractivity contribution is -0.123. The number of nitrogens with one attached hydrogen (secondary N) is 1. The van der Waals surface area contributed by atoms with E-state index in [2.05, 4.69) is 31.3 Å². The van der Waals surface area contributed by atoms with Gasteiger partial charge in [0.2, 0.25) is 5.91 Å². The van der Waals surface area contributed by atoms with Crippen LogP contribution in [0.3, 0.4) is 0 Å². The lowest BCUT2D eigenvalue weighted by Crippen LogP contribution is -2.45. The van der Waals surface area contributed by atoms with Crippen LogP contribution < -0.4 is 5.32 Å². The molecular weight excluding hydrogens is 795 g/mol. The lowest BCUT2D eigenvalue weighted by Gasteiger charge is -2.20. The minimum atomic E-state index is -0.838. The number of allylic oxidation sites excluding steroid dienone is 3. The molecule has 4 nitrogen and oxygen atoms in total. The number of aliphatic hydroxyl groups is 2. The van der Waals surface area contributed by atoms with E-state index in [0.29, 0.717) is 6.42 Å². The Bertz CT molecular complexity index is 947. The summed E-state index contributed by atoms with van der Waals surface area (Å²) in [5, 5.41) is 23.2. The molecule has 0 radical (unpaired) electrons. The van der Waals surface area contributed by atoms with Gasteiger partial charge in [0, 0.05) is 6.42 Å². The van der Waals surface area contributed by atoms with E-state index in [1.165, 1.54) is 295 Å². The Hall–Kier alpha value is -1.13. The normalized spacial score (nSPS) is 12.9. The maximum atomic E-state index is 12.5. The van der Waals surface area contributed by atoms with Crippen LogP contribution in [0.4, 0.5) is 0 Å². The molecule has 3 N–H and O–H groups in total. The first kappa shape index (κ1) is 63.9. The Morgan fingerprint density at radius 1 is 0.354 bits per heavy atom. The monoisotopic (exact) mass is 914 g/mol. The van der Waals surface area contributed by atoms with E-state index < -0.39 is 12.1 Å². The average Bonchev–Trinajstić information content (AvgIpc) is 3.31. The van der Waals surface area contributed by atoms with Crippen molar-refractivity contribution in [2.24, 2.45) is 0 Å². The summed E-state index contributed by atoms with van der Waals surface area (Å²) in [7, 11) is 0. The van der Waals surface area contributed by atoms with Gasteiger partial charge in [-0.2, -0.15) is 0 Å². The Labute approximate surface area is 409 Å². The summed E-state index contributed by atoms with van der Waals surface area (Å²) in [4.78, 5) is 12.5. The lowest BCUT2D eigenvalue weighted by atomic mass is 10.0. The minimum Gasteiger partial charge on any atom is -0.394 e. The second-order valence-electron chi connectivity index (χ2n) is 20.8. The summed E-state index contributed by atoms with van der Waals surface area (Å²) >= 11 is 0. The molecule has 65 heavy (non-hydrogen) atoms. The van der Waals surface area contributed by atoms with E-state index in [0.717, 1.165) is 25.7 Å². The van der Waals surface area contributed by atoms with Gasteiger partial charge in [-0.05, 0) is 44.9 Å². The minimum absolute atomic E-state index is 0.0579. The first-order valence-electron chi connectivity index (χ1n) is 30.1. The van der Waals surface area contributed by atoms with Crippen molar-refractivity contribution in [2.45, 2.75) is 353 Å². The number of rotatable bonds is 56. The third-order valence-electron chi connectivity index (χ3n) is 14.2. The molecule has 0 saturated carbocycles. The van der Waals surface area contributed by atoms with Gasteiger partial charge in [0.15, 0.2) is 0 Å². The molecule has 2 unspecified atom stereocenters. The number of carbonyl (C=O) groups excluding carboxylic acids is 1. The molecule has 0 bridgehead atoms. The van der Waals surface area contributed by atoms with Crippen LogP contribution in [0.25, 0.3) is 0 Å². The zero-order valence-electron chi connectivity index (χ0n) is 44.5. The number of hydrogen-bond acceptors (Lipinski definition) is 3. The van der Waals surface area contributed by atoms with Crippen molar-refractivity contribution in [1.29, 1.82) is 0 Å². The molecular formula is C61H119NO3. The quantitative estimate of drug-likeness (QED) is 0.0421. The van der Waals surface area contributed by atoms with Crippen molar-refractivity contribution in [3.05, 3.63) is 24.3 Å². The van der Waals surface area contributed by atoms with Crippen molar-refractivity contribution in [3.63, 3.8) is 0 Å². The summed E-state index contributed by atoms with van der Waals surface area (Å²) in [6.45, 7) is 4.35. The van der Waals surface area contributed by atoms with Gasteiger partial charge in [-0.3, -0.25) is 4.79 Å². The molecule has 0 aliphatic rings. The Balaban J connectivity index is 3.45. The topological polar surface area (TPSA) is 69.6 Å². The maximum absolute atomic E-state index is 12.5. The van der Waals surface area contributed by atoms with Gasteiger partial charge in [0.25, 0.3) is 0 Å². The fourth-order valence-corrected chi connectivity index (χ4v) is 9.59. The molecule has 386 valence electrons. The molecule has 0 aromatic carbocycles. The number of carbonyl (C=O) groups is 1. The van der Waals surface area contributed by atoms with E-state index >= 15 is 0 Å². The van der Waals surface area contributed by atoms with Crippen molar-refractivity contribution in [1.82, 2.24) is 5.32 Å². The molecule has 0 aliphatic heterocycles. The van der Waals surface area contributed by atoms with Gasteiger partial charge < -0.3 is 15.5 Å². The zero-order valence-corrected chi connectivity index (χ0v) is 44.5. The third kappa shape index (κ3) is 53.7. The van der Waals surface area contributed by atoms with Crippen LogP contribution in [0.1, 0.15) is 341 Å². The molecule has 1 amide bonds. The molecule has 0 aliphatic carbocycles. The standard InChI is InChI=1S/C61H119NO3/c1-3-5-7-9-11-13-15-17-19-21-23-25-27-29-30-31-33-34-36-38-40-42-44-46-48-50-52-54-56-60(64)59(58-63)62-61(65)57-55-53-51-49-47-45-43-41-39-37-35-32-28-26-24-22-20-18-16-14-12-10-8-6-4-2/h22,24,54,56,59-60,63-64H,3-21,23,25-53,55,57-58H2,1-2H3,(H,62,65)/b24-22-,56-54+. The summed E-state index contributed by atoms with van der Waals surface area (Å²) in [6.07, 6.45) is 76.4. The van der Waals surface area contributed by atoms with Gasteiger partial charge in [0.05, 0.1) is 18.8 Å². The van der Waals surface area contributed by atoms with Gasteiger partial charge in [-0.25, -0.2) is 0 Å². The highest BCUT2D eigenvalue weighted by molar-refractivity contribution is 5.76. The SMILES string of the molecule is CCCCCCCCCC/C=C\CCCCCCCCCCCCCCCC(=O)NC(CO)C(O)/C=C/CCCCCCCCCCCCCCCCCCCCCCCCCCCC. The second kappa shape index (κ2) is 57.2. The number of amides is 1. The predicted octanol–water partition coefficient (Wildman–Crippen LogP) is 19.9. The fourth-order valence-electron chi connectivity index (χ4n) is 9.59. The smallest absolute Gasteiger partial charge is 0.220 e. The van der Waals surface area contributed by atoms with E-state index in [1.807, 2.05) is 6.08 Å². The molecule has 4 heteroatoms. The Morgan fingerprint density at radius 3 is 0.846 bits per heavy atom. The first-order chi connectivity index (χ1) is 32.2. The molecule has 0 fully saturated rings. The summed E-state index contributed by atoms with van der Waals surface area (Å²) in [6, 6.07) is -0.621. The number of unbranched alkanes of at least 4 members (excludes halogenated alkanes) is 47. The van der Waals surface area contributed by atoms with Crippen molar-refractivity contribution < 1.29 is 15.0 Å². The molecule has 0 saturated heterocycles. The molecule has 0 rings (SSSR count). The Morgan fingerprint density at radius 2 is 0.585 bits per heavy atom. The first-order valence-corrected chi connectivity index (χ1v) is 30.1. The average molecular weight is 915 g/mol. The highest BCUT2D eigenvalue weighted by Crippen LogP contribution is 2.18. The van der Waals surface area contributed by atoms with Crippen LogP contribution in [0.2, 0.25) is 0 Å². The molecule has 0 aromatic heterocycles. The summed E-state index contributed by atoms with van der Waals surface area (Å²) < 4.78 is 0. The van der Waals surface area contributed by atoms with Crippen LogP contribution in [0.15, 0.2) is 24.3 Å². The van der Waals surface area contributed by atoms with Crippen LogP contribution in [-0.2, 0) is 4.79 Å². The zero-order chi connectivity index (χ0) is 47.0. The predicted molar refractivity (Wildman–Crippen MR) is 290 cm³/mol. The summed E-state index contributed by atoms with van der Waals surface area (Å²) in [5.74, 6) is -0.0579. The third-order valence-corrected chi connectivity index (χ3v) is 14.2. The van der Waals surface area contributed by atoms with E-state index in [4.69, 9.17) is 0 Å². The van der Waals surface area contributed by atoms with Gasteiger partial charge in [-0.15, -0.1) is 0 Å². The molecule has 0 spiro atoms. The second-order valence-corrected chi connectivity index (χ2v) is 20.8. The van der Waals surface area contributed by atoms with Gasteiger partial charge in [-0.1, -0.05) is 314 Å². The van der Waals surface area contributed by atoms with Crippen LogP contribution in [0, 0.1) is 0 Å². The molecule has 0 heterocycles. The maximum Gasteiger partial charge on any atom is 0.220 e. The van der Waals surface area contributed by atoms with Crippen LogP contribution >= 0.6 is 0 Å². The van der Waals surface area contributed by atoms with Crippen molar-refractivity contribution in [2.75, 3.05) is 6.61 Å². The largest absolute Gasteiger partial charge is 0.394 e. The van der Waals surface area contributed by atoms with Crippen molar-refractivity contribution >= 4 is 5.91 Å². The van der Waals surface area contributed by atoms with Crippen LogP contribution in [0.5, 0.6) is 0 Å². The van der Waals surface area contributed by atoms with E-state index in [-0.39, 0.29) is 12.5 Å². The number of hydrogen-bond donors (Lipinski definition) is 3. The van der Waals surface area contributed by atoms with E-state index in [1.54, 1.807) is 6.08 Å². The fraction of sp³-hybridized carbons (Fsp3) is 0.918. The van der Waals surface area contributed by atoms with Crippen molar-refractivity contribution in [3.8, 4) is 0 Å². The van der Waals surface area contributed by atoms with E-state index in [9.17, 15) is 15.0 Å². The Kier molecular flexibility index (Phi) is 56.2. The highest BCUT2D eigenvalue weighted by atomic mass is 16.3.